The van der Waals surface area contributed by atoms with Crippen LogP contribution in [0.15, 0.2) is 18.2 Å². The molecule has 0 aliphatic carbocycles. The van der Waals surface area contributed by atoms with Gasteiger partial charge in [-0.05, 0) is 50.4 Å². The molecule has 7 heteroatoms. The first-order valence-corrected chi connectivity index (χ1v) is 10.5. The zero-order valence-electron chi connectivity index (χ0n) is 17.9. The van der Waals surface area contributed by atoms with Gasteiger partial charge in [0.05, 0.1) is 20.8 Å². The molecule has 0 saturated carbocycles. The van der Waals surface area contributed by atoms with Gasteiger partial charge in [0.15, 0.2) is 11.5 Å². The fourth-order valence-electron chi connectivity index (χ4n) is 4.20. The first-order chi connectivity index (χ1) is 14.0. The number of likely N-dealkylation sites (N-methyl/N-ethyl adjacent to an activating group) is 1. The molecule has 0 bridgehead atoms. The lowest BCUT2D eigenvalue weighted by Gasteiger charge is -2.38. The van der Waals surface area contributed by atoms with Gasteiger partial charge >= 0.3 is 0 Å². The van der Waals surface area contributed by atoms with Crippen LogP contribution >= 0.6 is 0 Å². The molecule has 1 atom stereocenters. The van der Waals surface area contributed by atoms with Crippen molar-refractivity contribution in [3.63, 3.8) is 0 Å². The number of hydrogen-bond donors (Lipinski definition) is 0. The summed E-state index contributed by atoms with van der Waals surface area (Å²) in [5.74, 6) is 1.68. The Hall–Kier alpha value is -2.28. The van der Waals surface area contributed by atoms with Crippen molar-refractivity contribution in [1.29, 1.82) is 0 Å². The third-order valence-electron chi connectivity index (χ3n) is 6.07. The molecule has 2 aliphatic heterocycles. The van der Waals surface area contributed by atoms with Gasteiger partial charge < -0.3 is 24.2 Å². The zero-order chi connectivity index (χ0) is 20.8. The minimum atomic E-state index is 0.0817. The van der Waals surface area contributed by atoms with Crippen molar-refractivity contribution in [2.24, 2.45) is 0 Å². The van der Waals surface area contributed by atoms with Crippen LogP contribution in [0.1, 0.15) is 31.2 Å². The quantitative estimate of drug-likeness (QED) is 0.662. The third kappa shape index (κ3) is 5.41. The van der Waals surface area contributed by atoms with Gasteiger partial charge in [-0.1, -0.05) is 6.07 Å². The predicted molar refractivity (Wildman–Crippen MR) is 111 cm³/mol. The summed E-state index contributed by atoms with van der Waals surface area (Å²) in [6, 6.07) is 6.38. The molecule has 2 fully saturated rings. The number of carbonyl (C=O) groups is 2. The highest BCUT2D eigenvalue weighted by Crippen LogP contribution is 2.28. The van der Waals surface area contributed by atoms with Crippen LogP contribution in [-0.2, 0) is 16.0 Å². The number of piperidine rings is 1. The Balaban J connectivity index is 1.51. The minimum Gasteiger partial charge on any atom is -0.493 e. The van der Waals surface area contributed by atoms with Crippen molar-refractivity contribution in [2.45, 2.75) is 38.1 Å². The standard InChI is InChI=1S/C22H33N3O4/c1-23(13-10-17-8-9-19(28-2)20(14-17)29-3)18-6-4-11-24(15-18)22(27)16-25-12-5-7-21(25)26/h8-9,14,18H,4-7,10-13,15-16H2,1-3H3. The maximum Gasteiger partial charge on any atom is 0.242 e. The Morgan fingerprint density at radius 1 is 1.17 bits per heavy atom. The van der Waals surface area contributed by atoms with E-state index in [4.69, 9.17) is 9.47 Å². The van der Waals surface area contributed by atoms with Crippen LogP contribution in [0.2, 0.25) is 0 Å². The number of likely N-dealkylation sites (tertiary alicyclic amines) is 2. The van der Waals surface area contributed by atoms with Gasteiger partial charge in [0.1, 0.15) is 0 Å². The van der Waals surface area contributed by atoms with E-state index in [2.05, 4.69) is 18.0 Å². The topological polar surface area (TPSA) is 62.3 Å². The number of rotatable bonds is 8. The maximum atomic E-state index is 12.7. The molecular weight excluding hydrogens is 370 g/mol. The van der Waals surface area contributed by atoms with Crippen LogP contribution in [0.4, 0.5) is 0 Å². The Kier molecular flexibility index (Phi) is 7.36. The summed E-state index contributed by atoms with van der Waals surface area (Å²) in [6.45, 7) is 3.39. The summed E-state index contributed by atoms with van der Waals surface area (Å²) in [6.07, 6.45) is 4.45. The second kappa shape index (κ2) is 9.96. The lowest BCUT2D eigenvalue weighted by Crippen LogP contribution is -2.51. The van der Waals surface area contributed by atoms with Crippen LogP contribution in [0.5, 0.6) is 11.5 Å². The van der Waals surface area contributed by atoms with Gasteiger partial charge in [-0.2, -0.15) is 0 Å². The smallest absolute Gasteiger partial charge is 0.242 e. The average Bonchev–Trinajstić information content (AvgIpc) is 3.16. The molecule has 2 aliphatic rings. The van der Waals surface area contributed by atoms with Crippen molar-refractivity contribution >= 4 is 11.8 Å². The number of carbonyl (C=O) groups excluding carboxylic acids is 2. The largest absolute Gasteiger partial charge is 0.493 e. The lowest BCUT2D eigenvalue weighted by atomic mass is 10.0. The molecule has 2 saturated heterocycles. The molecule has 0 aromatic heterocycles. The van der Waals surface area contributed by atoms with Crippen molar-refractivity contribution in [2.75, 3.05) is 54.0 Å². The highest BCUT2D eigenvalue weighted by Gasteiger charge is 2.29. The number of methoxy groups -OCH3 is 2. The van der Waals surface area contributed by atoms with Crippen LogP contribution in [0.3, 0.4) is 0 Å². The van der Waals surface area contributed by atoms with Gasteiger partial charge in [-0.3, -0.25) is 9.59 Å². The first-order valence-electron chi connectivity index (χ1n) is 10.5. The van der Waals surface area contributed by atoms with E-state index in [-0.39, 0.29) is 18.4 Å². The van der Waals surface area contributed by atoms with Gasteiger partial charge in [0, 0.05) is 38.6 Å². The van der Waals surface area contributed by atoms with E-state index in [9.17, 15) is 9.59 Å². The maximum absolute atomic E-state index is 12.7. The van der Waals surface area contributed by atoms with E-state index in [1.807, 2.05) is 17.0 Å². The van der Waals surface area contributed by atoms with Crippen LogP contribution < -0.4 is 9.47 Å². The Morgan fingerprint density at radius 3 is 2.66 bits per heavy atom. The molecular formula is C22H33N3O4. The lowest BCUT2D eigenvalue weighted by molar-refractivity contribution is -0.139. The molecule has 1 aromatic carbocycles. The number of nitrogens with zero attached hydrogens (tertiary/aromatic N) is 3. The van der Waals surface area contributed by atoms with Gasteiger partial charge in [-0.15, -0.1) is 0 Å². The fraction of sp³-hybridized carbons (Fsp3) is 0.636. The fourth-order valence-corrected chi connectivity index (χ4v) is 4.20. The van der Waals surface area contributed by atoms with E-state index in [0.29, 0.717) is 19.0 Å². The molecule has 0 spiro atoms. The monoisotopic (exact) mass is 403 g/mol. The summed E-state index contributed by atoms with van der Waals surface area (Å²) in [7, 11) is 5.42. The highest BCUT2D eigenvalue weighted by molar-refractivity contribution is 5.86. The molecule has 0 N–H and O–H groups in total. The number of ether oxygens (including phenoxy) is 2. The van der Waals surface area contributed by atoms with Crippen LogP contribution in [-0.4, -0.2) is 86.5 Å². The van der Waals surface area contributed by atoms with E-state index in [1.54, 1.807) is 19.1 Å². The molecule has 29 heavy (non-hydrogen) atoms. The van der Waals surface area contributed by atoms with Crippen molar-refractivity contribution < 1.29 is 19.1 Å². The Bertz CT molecular complexity index is 724. The van der Waals surface area contributed by atoms with Gasteiger partial charge in [-0.25, -0.2) is 0 Å². The third-order valence-corrected chi connectivity index (χ3v) is 6.07. The summed E-state index contributed by atoms with van der Waals surface area (Å²) in [4.78, 5) is 30.4. The summed E-state index contributed by atoms with van der Waals surface area (Å²) < 4.78 is 10.7. The Morgan fingerprint density at radius 2 is 1.97 bits per heavy atom. The SMILES string of the molecule is COc1ccc(CCN(C)C2CCCN(C(=O)CN3CCCC3=O)C2)cc1OC. The molecule has 1 aromatic rings. The van der Waals surface area contributed by atoms with E-state index >= 15 is 0 Å². The molecule has 2 heterocycles. The minimum absolute atomic E-state index is 0.0817. The van der Waals surface area contributed by atoms with Crippen LogP contribution in [0.25, 0.3) is 0 Å². The molecule has 2 amide bonds. The van der Waals surface area contributed by atoms with Gasteiger partial charge in [0.2, 0.25) is 11.8 Å². The number of amides is 2. The Labute approximate surface area is 173 Å². The normalized spacial score (nSPS) is 19.7. The number of benzene rings is 1. The van der Waals surface area contributed by atoms with E-state index < -0.39 is 0 Å². The average molecular weight is 404 g/mol. The van der Waals surface area contributed by atoms with Crippen molar-refractivity contribution in [3.8, 4) is 11.5 Å². The summed E-state index contributed by atoms with van der Waals surface area (Å²) in [5.41, 5.74) is 1.20. The molecule has 7 nitrogen and oxygen atoms in total. The van der Waals surface area contributed by atoms with E-state index in [0.717, 1.165) is 56.8 Å². The van der Waals surface area contributed by atoms with E-state index in [1.165, 1.54) is 5.56 Å². The molecule has 160 valence electrons. The predicted octanol–water partition coefficient (Wildman–Crippen LogP) is 1.79. The first kappa shape index (κ1) is 21.4. The second-order valence-electron chi connectivity index (χ2n) is 7.97. The molecule has 3 rings (SSSR count). The summed E-state index contributed by atoms with van der Waals surface area (Å²) >= 11 is 0. The van der Waals surface area contributed by atoms with Gasteiger partial charge in [0.25, 0.3) is 0 Å². The zero-order valence-corrected chi connectivity index (χ0v) is 17.9. The van der Waals surface area contributed by atoms with Crippen molar-refractivity contribution in [3.05, 3.63) is 23.8 Å². The van der Waals surface area contributed by atoms with Crippen molar-refractivity contribution in [1.82, 2.24) is 14.7 Å². The molecule has 0 radical (unpaired) electrons. The summed E-state index contributed by atoms with van der Waals surface area (Å²) in [5, 5.41) is 0. The second-order valence-corrected chi connectivity index (χ2v) is 7.97. The van der Waals surface area contributed by atoms with Crippen LogP contribution in [0, 0.1) is 0 Å². The highest BCUT2D eigenvalue weighted by atomic mass is 16.5. The number of hydrogen-bond acceptors (Lipinski definition) is 5. The molecule has 1 unspecified atom stereocenters.